The van der Waals surface area contributed by atoms with Gasteiger partial charge in [0.15, 0.2) is 0 Å². The predicted octanol–water partition coefficient (Wildman–Crippen LogP) is -0.469. The van der Waals surface area contributed by atoms with E-state index in [0.29, 0.717) is 6.54 Å². The number of aliphatic carboxylic acids is 1. The number of carboxylic acid groups (broad SMARTS) is 1. The summed E-state index contributed by atoms with van der Waals surface area (Å²) >= 11 is 0. The molecule has 0 aromatic carbocycles. The van der Waals surface area contributed by atoms with Crippen molar-refractivity contribution in [1.82, 2.24) is 10.2 Å². The molecule has 1 aliphatic carbocycles. The van der Waals surface area contributed by atoms with E-state index in [2.05, 4.69) is 11.9 Å². The molecule has 0 aromatic heterocycles. The van der Waals surface area contributed by atoms with Crippen molar-refractivity contribution in [2.75, 3.05) is 6.54 Å². The Hall–Kier alpha value is -2.05. The zero-order valence-corrected chi connectivity index (χ0v) is 10.4. The van der Waals surface area contributed by atoms with Crippen molar-refractivity contribution in [2.45, 2.75) is 24.9 Å². The monoisotopic (exact) mass is 267 g/mol. The zero-order valence-electron chi connectivity index (χ0n) is 10.4. The van der Waals surface area contributed by atoms with Crippen LogP contribution in [0.4, 0.5) is 4.79 Å². The highest BCUT2D eigenvalue weighted by atomic mass is 16.4. The first kappa shape index (κ1) is 13.4. The lowest BCUT2D eigenvalue weighted by Crippen LogP contribution is -2.52. The number of hydrogen-bond donors (Lipinski definition) is 3. The molecule has 7 nitrogen and oxygen atoms in total. The van der Waals surface area contributed by atoms with Gasteiger partial charge in [0, 0.05) is 6.54 Å². The summed E-state index contributed by atoms with van der Waals surface area (Å²) < 4.78 is 0. The molecule has 2 rings (SSSR count). The summed E-state index contributed by atoms with van der Waals surface area (Å²) in [4.78, 5) is 35.7. The van der Waals surface area contributed by atoms with Crippen molar-refractivity contribution >= 4 is 17.9 Å². The van der Waals surface area contributed by atoms with Crippen LogP contribution in [-0.2, 0) is 9.59 Å². The molecule has 1 saturated carbocycles. The quantitative estimate of drug-likeness (QED) is 0.598. The molecule has 4 N–H and O–H groups in total. The smallest absolute Gasteiger partial charge is 0.326 e. The highest BCUT2D eigenvalue weighted by Crippen LogP contribution is 2.45. The molecule has 2 fully saturated rings. The number of likely N-dealkylation sites (tertiary alicyclic amines) is 1. The second-order valence-corrected chi connectivity index (χ2v) is 5.00. The molecule has 0 aromatic rings. The Balaban J connectivity index is 2.14. The van der Waals surface area contributed by atoms with Crippen LogP contribution >= 0.6 is 0 Å². The maximum atomic E-state index is 12.3. The summed E-state index contributed by atoms with van der Waals surface area (Å²) in [5, 5.41) is 11.5. The van der Waals surface area contributed by atoms with Gasteiger partial charge in [0.05, 0.1) is 0 Å². The second kappa shape index (κ2) is 4.91. The van der Waals surface area contributed by atoms with Gasteiger partial charge in [-0.25, -0.2) is 9.59 Å². The second-order valence-electron chi connectivity index (χ2n) is 5.00. The van der Waals surface area contributed by atoms with E-state index >= 15 is 0 Å². The lowest BCUT2D eigenvalue weighted by molar-refractivity contribution is -0.150. The molecular formula is C12H17N3O4. The van der Waals surface area contributed by atoms with E-state index in [1.165, 1.54) is 11.0 Å². The third kappa shape index (κ3) is 2.27. The van der Waals surface area contributed by atoms with Gasteiger partial charge in [-0.2, -0.15) is 0 Å². The Morgan fingerprint density at radius 2 is 2.11 bits per heavy atom. The van der Waals surface area contributed by atoms with Gasteiger partial charge in [-0.1, -0.05) is 6.08 Å². The largest absolute Gasteiger partial charge is 0.480 e. The summed E-state index contributed by atoms with van der Waals surface area (Å²) in [6.07, 6.45) is 3.03. The minimum atomic E-state index is -0.998. The fourth-order valence-corrected chi connectivity index (χ4v) is 2.93. The van der Waals surface area contributed by atoms with Crippen molar-refractivity contribution in [2.24, 2.45) is 17.6 Å². The van der Waals surface area contributed by atoms with E-state index in [1.54, 1.807) is 0 Å². The Kier molecular flexibility index (Phi) is 3.46. The van der Waals surface area contributed by atoms with Crippen molar-refractivity contribution in [3.05, 3.63) is 12.7 Å². The third-order valence-corrected chi connectivity index (χ3v) is 3.98. The molecule has 4 atom stereocenters. The first-order chi connectivity index (χ1) is 8.95. The lowest BCUT2D eigenvalue weighted by atomic mass is 9.73. The van der Waals surface area contributed by atoms with Crippen LogP contribution in [0.2, 0.25) is 0 Å². The number of amides is 3. The number of rotatable bonds is 4. The first-order valence-corrected chi connectivity index (χ1v) is 6.17. The average Bonchev–Trinajstić information content (AvgIpc) is 2.57. The third-order valence-electron chi connectivity index (χ3n) is 3.98. The lowest BCUT2D eigenvalue weighted by Gasteiger charge is -2.31. The zero-order chi connectivity index (χ0) is 14.2. The normalized spacial score (nSPS) is 29.9. The van der Waals surface area contributed by atoms with Crippen LogP contribution in [0, 0.1) is 11.8 Å². The minimum absolute atomic E-state index is 0.0282. The fourth-order valence-electron chi connectivity index (χ4n) is 2.93. The van der Waals surface area contributed by atoms with Gasteiger partial charge >= 0.3 is 12.0 Å². The Labute approximate surface area is 110 Å². The van der Waals surface area contributed by atoms with Crippen LogP contribution in [-0.4, -0.2) is 46.5 Å². The van der Waals surface area contributed by atoms with Gasteiger partial charge in [-0.05, 0) is 24.7 Å². The van der Waals surface area contributed by atoms with Crippen LogP contribution in [0.25, 0.3) is 0 Å². The van der Waals surface area contributed by atoms with E-state index < -0.39 is 30.0 Å². The Bertz CT molecular complexity index is 437. The minimum Gasteiger partial charge on any atom is -0.480 e. The SMILES string of the molecule is C=C[C@H](NC(N)=O)C(=O)N1C[C@@H]2CC[C@@H]2[C@H]1C(=O)O. The summed E-state index contributed by atoms with van der Waals surface area (Å²) in [6, 6.07) is -2.62. The van der Waals surface area contributed by atoms with E-state index in [1.807, 2.05) is 0 Å². The van der Waals surface area contributed by atoms with Crippen molar-refractivity contribution in [1.29, 1.82) is 0 Å². The molecule has 1 aliphatic heterocycles. The van der Waals surface area contributed by atoms with Gasteiger partial charge < -0.3 is 21.1 Å². The number of carboxylic acids is 1. The van der Waals surface area contributed by atoms with Crippen molar-refractivity contribution in [3.8, 4) is 0 Å². The van der Waals surface area contributed by atoms with Crippen molar-refractivity contribution < 1.29 is 19.5 Å². The van der Waals surface area contributed by atoms with Crippen LogP contribution in [0.3, 0.4) is 0 Å². The molecule has 0 unspecified atom stereocenters. The molecule has 0 bridgehead atoms. The number of carbonyl (C=O) groups excluding carboxylic acids is 2. The molecule has 0 spiro atoms. The number of nitrogens with two attached hydrogens (primary N) is 1. The average molecular weight is 267 g/mol. The van der Waals surface area contributed by atoms with Gasteiger partial charge in [0.25, 0.3) is 0 Å². The highest BCUT2D eigenvalue weighted by Gasteiger charge is 2.52. The number of nitrogens with one attached hydrogen (secondary N) is 1. The number of nitrogens with zero attached hydrogens (tertiary/aromatic N) is 1. The van der Waals surface area contributed by atoms with Crippen LogP contribution in [0.5, 0.6) is 0 Å². The van der Waals surface area contributed by atoms with Crippen LogP contribution in [0.15, 0.2) is 12.7 Å². The van der Waals surface area contributed by atoms with E-state index in [4.69, 9.17) is 5.73 Å². The molecule has 1 saturated heterocycles. The van der Waals surface area contributed by atoms with Gasteiger partial charge in [0.1, 0.15) is 12.1 Å². The predicted molar refractivity (Wildman–Crippen MR) is 66.1 cm³/mol. The molecule has 1 heterocycles. The molecule has 7 heteroatoms. The molecule has 104 valence electrons. The standard InChI is InChI=1S/C12H17N3O4/c1-2-8(14-12(13)19)10(16)15-5-6-3-4-7(6)9(15)11(17)18/h2,6-9H,1,3-5H2,(H,17,18)(H3,13,14,19)/t6-,7-,8-,9-/m0/s1. The summed E-state index contributed by atoms with van der Waals surface area (Å²) in [6.45, 7) is 3.89. The van der Waals surface area contributed by atoms with Crippen LogP contribution in [0.1, 0.15) is 12.8 Å². The summed E-state index contributed by atoms with van der Waals surface area (Å²) in [5.41, 5.74) is 4.98. The maximum absolute atomic E-state index is 12.3. The van der Waals surface area contributed by atoms with Crippen molar-refractivity contribution in [3.63, 3.8) is 0 Å². The van der Waals surface area contributed by atoms with Crippen LogP contribution < -0.4 is 11.1 Å². The summed E-state index contributed by atoms with van der Waals surface area (Å²) in [5.74, 6) is -1.18. The maximum Gasteiger partial charge on any atom is 0.326 e. The highest BCUT2D eigenvalue weighted by molar-refractivity contribution is 5.91. The van der Waals surface area contributed by atoms with E-state index in [0.717, 1.165) is 12.8 Å². The van der Waals surface area contributed by atoms with Gasteiger partial charge in [-0.3, -0.25) is 4.79 Å². The number of urea groups is 1. The fraction of sp³-hybridized carbons (Fsp3) is 0.583. The van der Waals surface area contributed by atoms with Gasteiger partial charge in [-0.15, -0.1) is 6.58 Å². The molecular weight excluding hydrogens is 250 g/mol. The molecule has 2 aliphatic rings. The van der Waals surface area contributed by atoms with Gasteiger partial charge in [0.2, 0.25) is 5.91 Å². The number of hydrogen-bond acceptors (Lipinski definition) is 3. The number of fused-ring (bicyclic) bond motifs is 1. The van der Waals surface area contributed by atoms with E-state index in [-0.39, 0.29) is 11.8 Å². The summed E-state index contributed by atoms with van der Waals surface area (Å²) in [7, 11) is 0. The Morgan fingerprint density at radius 3 is 2.53 bits per heavy atom. The first-order valence-electron chi connectivity index (χ1n) is 6.17. The van der Waals surface area contributed by atoms with E-state index in [9.17, 15) is 19.5 Å². The molecule has 3 amide bonds. The topological polar surface area (TPSA) is 113 Å². The molecule has 19 heavy (non-hydrogen) atoms. The number of carbonyl (C=O) groups is 3. The number of primary amides is 1. The Morgan fingerprint density at radius 1 is 1.42 bits per heavy atom. The molecule has 0 radical (unpaired) electrons.